The maximum absolute atomic E-state index is 13.0. The Bertz CT molecular complexity index is 972. The quantitative estimate of drug-likeness (QED) is 0.352. The van der Waals surface area contributed by atoms with Crippen LogP contribution < -0.4 is 0 Å². The number of thioether (sulfide) groups is 3. The summed E-state index contributed by atoms with van der Waals surface area (Å²) >= 11 is 4.31. The average molecular weight is 445 g/mol. The van der Waals surface area contributed by atoms with Crippen molar-refractivity contribution in [2.24, 2.45) is 0 Å². The van der Waals surface area contributed by atoms with Crippen molar-refractivity contribution < 1.29 is 8.42 Å². The molecule has 0 N–H and O–H groups in total. The number of benzene rings is 3. The molecule has 0 fully saturated rings. The summed E-state index contributed by atoms with van der Waals surface area (Å²) < 4.78 is 27.2. The van der Waals surface area contributed by atoms with Gasteiger partial charge in [-0.1, -0.05) is 96.8 Å². The van der Waals surface area contributed by atoms with E-state index in [1.807, 2.05) is 91.0 Å². The molecule has 2 nitrogen and oxygen atoms in total. The minimum atomic E-state index is -3.40. The normalized spacial score (nSPS) is 11.2. The predicted octanol–water partition coefficient (Wildman–Crippen LogP) is 6.92. The molecule has 0 aliphatic heterocycles. The van der Waals surface area contributed by atoms with Gasteiger partial charge < -0.3 is 0 Å². The van der Waals surface area contributed by atoms with Crippen molar-refractivity contribution in [3.63, 3.8) is 0 Å². The number of hydrogen-bond donors (Lipinski definition) is 0. The molecule has 0 amide bonds. The fraction of sp³-hybridized carbons (Fsp3) is 0.0909. The van der Waals surface area contributed by atoms with Crippen molar-refractivity contribution in [1.29, 1.82) is 0 Å². The van der Waals surface area contributed by atoms with Gasteiger partial charge >= 0.3 is 0 Å². The fourth-order valence-electron chi connectivity index (χ4n) is 2.25. The maximum Gasteiger partial charge on any atom is 0.186 e. The van der Waals surface area contributed by atoms with E-state index in [-0.39, 0.29) is 5.75 Å². The Kier molecular flexibility index (Phi) is 7.73. The van der Waals surface area contributed by atoms with Crippen LogP contribution >= 0.6 is 35.3 Å². The molecule has 6 heteroatoms. The third-order valence-electron chi connectivity index (χ3n) is 3.69. The summed E-state index contributed by atoms with van der Waals surface area (Å²) in [6.07, 6.45) is 0. The maximum atomic E-state index is 13.0. The lowest BCUT2D eigenvalue weighted by atomic mass is 10.4. The Hall–Kier alpha value is -1.60. The van der Waals surface area contributed by atoms with Crippen molar-refractivity contribution in [2.45, 2.75) is 21.6 Å². The molecule has 0 radical (unpaired) electrons. The predicted molar refractivity (Wildman–Crippen MR) is 123 cm³/mol. The van der Waals surface area contributed by atoms with Gasteiger partial charge in [0.25, 0.3) is 0 Å². The van der Waals surface area contributed by atoms with E-state index in [2.05, 4.69) is 0 Å². The number of sulfone groups is 1. The van der Waals surface area contributed by atoms with Crippen LogP contribution in [0.2, 0.25) is 0 Å². The molecule has 0 saturated heterocycles. The molecule has 144 valence electrons. The van der Waals surface area contributed by atoms with E-state index in [0.717, 1.165) is 18.9 Å². The van der Waals surface area contributed by atoms with Gasteiger partial charge in [-0.2, -0.15) is 0 Å². The highest BCUT2D eigenvalue weighted by atomic mass is 32.3. The van der Waals surface area contributed by atoms with Crippen molar-refractivity contribution in [3.05, 3.63) is 99.5 Å². The Morgan fingerprint density at radius 3 is 1.36 bits per heavy atom. The largest absolute Gasteiger partial charge is 0.223 e. The highest BCUT2D eigenvalue weighted by molar-refractivity contribution is 8.26. The summed E-state index contributed by atoms with van der Waals surface area (Å²) in [6, 6.07) is 29.4. The second-order valence-corrected chi connectivity index (χ2v) is 11.7. The van der Waals surface area contributed by atoms with Crippen LogP contribution in [0.4, 0.5) is 0 Å². The van der Waals surface area contributed by atoms with E-state index in [0.29, 0.717) is 4.24 Å². The first-order valence-corrected chi connectivity index (χ1v) is 12.8. The monoisotopic (exact) mass is 444 g/mol. The Labute approximate surface area is 179 Å². The van der Waals surface area contributed by atoms with Crippen LogP contribution in [0.3, 0.4) is 0 Å². The van der Waals surface area contributed by atoms with Crippen molar-refractivity contribution in [2.75, 3.05) is 5.75 Å². The SMILES string of the molecule is CCS(=O)(=O)C(Sc1ccccc1)=C(Sc1ccccc1)Sc1ccccc1. The van der Waals surface area contributed by atoms with Gasteiger partial charge in [-0.05, 0) is 36.4 Å². The fourth-order valence-corrected chi connectivity index (χ4v) is 7.95. The molecule has 28 heavy (non-hydrogen) atoms. The molecule has 3 aromatic carbocycles. The van der Waals surface area contributed by atoms with Crippen LogP contribution in [-0.4, -0.2) is 14.2 Å². The molecule has 0 spiro atoms. The van der Waals surface area contributed by atoms with E-state index >= 15 is 0 Å². The van der Waals surface area contributed by atoms with E-state index in [9.17, 15) is 8.42 Å². The molecule has 0 saturated carbocycles. The van der Waals surface area contributed by atoms with Gasteiger partial charge in [0.05, 0.1) is 9.99 Å². The van der Waals surface area contributed by atoms with Gasteiger partial charge in [0.2, 0.25) is 0 Å². The lowest BCUT2D eigenvalue weighted by Crippen LogP contribution is -2.06. The standard InChI is InChI=1S/C22H20O2S4/c1-2-28(23,24)22(27-20-16-10-5-11-17-20)21(25-18-12-6-3-7-13-18)26-19-14-8-4-9-15-19/h3-17H,2H2,1H3. The van der Waals surface area contributed by atoms with Crippen LogP contribution in [0, 0.1) is 0 Å². The topological polar surface area (TPSA) is 34.1 Å². The van der Waals surface area contributed by atoms with Gasteiger partial charge in [0.15, 0.2) is 9.84 Å². The van der Waals surface area contributed by atoms with Crippen molar-refractivity contribution in [3.8, 4) is 0 Å². The first-order chi connectivity index (χ1) is 13.6. The van der Waals surface area contributed by atoms with Crippen LogP contribution in [-0.2, 0) is 9.84 Å². The zero-order chi connectivity index (χ0) is 19.8. The van der Waals surface area contributed by atoms with Gasteiger partial charge in [0.1, 0.15) is 4.24 Å². The summed E-state index contributed by atoms with van der Waals surface area (Å²) in [5.41, 5.74) is 0. The molecule has 0 bridgehead atoms. The summed E-state index contributed by atoms with van der Waals surface area (Å²) in [7, 11) is -3.40. The van der Waals surface area contributed by atoms with E-state index in [1.54, 1.807) is 6.92 Å². The van der Waals surface area contributed by atoms with Crippen LogP contribution in [0.1, 0.15) is 6.92 Å². The Morgan fingerprint density at radius 2 is 1.00 bits per heavy atom. The van der Waals surface area contributed by atoms with E-state index < -0.39 is 9.84 Å². The minimum absolute atomic E-state index is 0.0658. The van der Waals surface area contributed by atoms with E-state index in [4.69, 9.17) is 0 Å². The lowest BCUT2D eigenvalue weighted by Gasteiger charge is -2.14. The Balaban J connectivity index is 2.09. The molecule has 0 atom stereocenters. The minimum Gasteiger partial charge on any atom is -0.223 e. The molecular weight excluding hydrogens is 425 g/mol. The summed E-state index contributed by atoms with van der Waals surface area (Å²) in [5, 5.41) is 0. The second-order valence-electron chi connectivity index (χ2n) is 5.72. The van der Waals surface area contributed by atoms with Gasteiger partial charge in [0, 0.05) is 14.7 Å². The molecule has 0 aliphatic carbocycles. The molecule has 3 aromatic rings. The number of rotatable bonds is 8. The highest BCUT2D eigenvalue weighted by Crippen LogP contribution is 2.47. The summed E-state index contributed by atoms with van der Waals surface area (Å²) in [6.45, 7) is 1.69. The van der Waals surface area contributed by atoms with Crippen LogP contribution in [0.5, 0.6) is 0 Å². The molecular formula is C22H20O2S4. The average Bonchev–Trinajstić information content (AvgIpc) is 2.74. The van der Waals surface area contributed by atoms with Crippen molar-refractivity contribution in [1.82, 2.24) is 0 Å². The van der Waals surface area contributed by atoms with Gasteiger partial charge in [-0.15, -0.1) is 0 Å². The third-order valence-corrected chi connectivity index (χ3v) is 9.94. The molecule has 0 heterocycles. The summed E-state index contributed by atoms with van der Waals surface area (Å²) in [5.74, 6) is 0.0658. The molecule has 3 rings (SSSR count). The first-order valence-electron chi connectivity index (χ1n) is 8.74. The Morgan fingerprint density at radius 1 is 0.643 bits per heavy atom. The van der Waals surface area contributed by atoms with Crippen LogP contribution in [0.25, 0.3) is 0 Å². The summed E-state index contributed by atoms with van der Waals surface area (Å²) in [4.78, 5) is 2.94. The zero-order valence-corrected chi connectivity index (χ0v) is 18.6. The van der Waals surface area contributed by atoms with Crippen molar-refractivity contribution >= 4 is 45.1 Å². The van der Waals surface area contributed by atoms with Gasteiger partial charge in [-0.25, -0.2) is 8.42 Å². The lowest BCUT2D eigenvalue weighted by molar-refractivity contribution is 0.605. The number of hydrogen-bond acceptors (Lipinski definition) is 5. The third kappa shape index (κ3) is 5.95. The van der Waals surface area contributed by atoms with Crippen LogP contribution in [0.15, 0.2) is 114 Å². The van der Waals surface area contributed by atoms with E-state index in [1.165, 1.54) is 35.3 Å². The molecule has 0 aliphatic rings. The van der Waals surface area contributed by atoms with Gasteiger partial charge in [-0.3, -0.25) is 0 Å². The first kappa shape index (κ1) is 21.1. The second kappa shape index (κ2) is 10.3. The molecule has 0 aromatic heterocycles. The molecule has 0 unspecified atom stereocenters. The highest BCUT2D eigenvalue weighted by Gasteiger charge is 2.24. The zero-order valence-electron chi connectivity index (χ0n) is 15.3. The smallest absolute Gasteiger partial charge is 0.186 e.